The van der Waals surface area contributed by atoms with Gasteiger partial charge in [0, 0.05) is 41.8 Å². The molecule has 1 aliphatic rings. The molecule has 0 aliphatic carbocycles. The zero-order valence-electron chi connectivity index (χ0n) is 18.8. The molecule has 0 aromatic heterocycles. The zero-order valence-corrected chi connectivity index (χ0v) is 21.2. The number of fused-ring (bicyclic) bond motifs is 1. The summed E-state index contributed by atoms with van der Waals surface area (Å²) in [4.78, 5) is 21.7. The number of aliphatic imine (C=N–C) groups is 1. The van der Waals surface area contributed by atoms with E-state index >= 15 is 0 Å². The fraction of sp³-hybridized carbons (Fsp3) is 0.192. The standard InChI is InChI=1S/C26H24Cl2N4OS/c1-31(15-14-17-8-4-3-5-9-17)26(34)30-24-25(33)32(2)22-13-12-18(27)16-20(22)23(29-24)19-10-6-7-11-21(19)28/h3-13,16,24H,14-15H2,1-2H3,(H,30,34). The van der Waals surface area contributed by atoms with Gasteiger partial charge in [-0.15, -0.1) is 0 Å². The number of thiocarbonyl (C=S) groups is 1. The molecular formula is C26H24Cl2N4OS. The number of hydrogen-bond acceptors (Lipinski definition) is 3. The summed E-state index contributed by atoms with van der Waals surface area (Å²) in [6.07, 6.45) is -0.0930. The maximum absolute atomic E-state index is 13.4. The summed E-state index contributed by atoms with van der Waals surface area (Å²) in [5, 5.41) is 4.66. The molecule has 1 amide bonds. The van der Waals surface area contributed by atoms with Gasteiger partial charge in [-0.3, -0.25) is 4.79 Å². The number of halogens is 2. The van der Waals surface area contributed by atoms with Crippen LogP contribution in [-0.4, -0.2) is 48.4 Å². The Hall–Kier alpha value is -2.93. The molecular weight excluding hydrogens is 487 g/mol. The summed E-state index contributed by atoms with van der Waals surface area (Å²) in [5.41, 5.74) is 3.93. The number of benzodiazepines with no additional fused rings is 1. The van der Waals surface area contributed by atoms with E-state index in [0.717, 1.165) is 12.0 Å². The van der Waals surface area contributed by atoms with Gasteiger partial charge in [0.15, 0.2) is 5.11 Å². The fourth-order valence-electron chi connectivity index (χ4n) is 3.78. The highest BCUT2D eigenvalue weighted by Gasteiger charge is 2.31. The van der Waals surface area contributed by atoms with Crippen LogP contribution in [0.15, 0.2) is 77.8 Å². The average molecular weight is 511 g/mol. The number of nitrogens with zero attached hydrogens (tertiary/aromatic N) is 3. The maximum Gasteiger partial charge on any atom is 0.272 e. The Kier molecular flexibility index (Phi) is 7.51. The lowest BCUT2D eigenvalue weighted by molar-refractivity contribution is -0.119. The van der Waals surface area contributed by atoms with Gasteiger partial charge in [0.25, 0.3) is 5.91 Å². The van der Waals surface area contributed by atoms with Crippen LogP contribution in [0, 0.1) is 0 Å². The van der Waals surface area contributed by atoms with E-state index in [1.807, 2.05) is 54.4 Å². The van der Waals surface area contributed by atoms with Gasteiger partial charge in [0.1, 0.15) is 0 Å². The molecule has 0 saturated carbocycles. The summed E-state index contributed by atoms with van der Waals surface area (Å²) in [6, 6.07) is 23.0. The molecule has 34 heavy (non-hydrogen) atoms. The minimum absolute atomic E-state index is 0.232. The number of rotatable bonds is 5. The topological polar surface area (TPSA) is 47.9 Å². The Morgan fingerprint density at radius 1 is 1.06 bits per heavy atom. The van der Waals surface area contributed by atoms with E-state index in [1.54, 1.807) is 30.1 Å². The molecule has 0 fully saturated rings. The van der Waals surface area contributed by atoms with Crippen LogP contribution in [0.1, 0.15) is 16.7 Å². The monoisotopic (exact) mass is 510 g/mol. The molecule has 174 valence electrons. The van der Waals surface area contributed by atoms with Gasteiger partial charge in [0.05, 0.1) is 11.4 Å². The Morgan fingerprint density at radius 2 is 1.76 bits per heavy atom. The van der Waals surface area contributed by atoms with Crippen molar-refractivity contribution in [1.29, 1.82) is 0 Å². The molecule has 0 spiro atoms. The van der Waals surface area contributed by atoms with Crippen molar-refractivity contribution in [2.24, 2.45) is 4.99 Å². The summed E-state index contributed by atoms with van der Waals surface area (Å²) in [7, 11) is 3.62. The highest BCUT2D eigenvalue weighted by Crippen LogP contribution is 2.31. The van der Waals surface area contributed by atoms with Gasteiger partial charge in [0.2, 0.25) is 6.17 Å². The molecule has 5 nitrogen and oxygen atoms in total. The van der Waals surface area contributed by atoms with Gasteiger partial charge in [-0.1, -0.05) is 71.7 Å². The van der Waals surface area contributed by atoms with Crippen LogP contribution in [-0.2, 0) is 11.2 Å². The van der Waals surface area contributed by atoms with Gasteiger partial charge in [-0.05, 0) is 48.5 Å². The van der Waals surface area contributed by atoms with E-state index < -0.39 is 6.17 Å². The largest absolute Gasteiger partial charge is 0.352 e. The van der Waals surface area contributed by atoms with Crippen molar-refractivity contribution in [1.82, 2.24) is 10.2 Å². The van der Waals surface area contributed by atoms with Crippen LogP contribution in [0.5, 0.6) is 0 Å². The Labute approximate surface area is 215 Å². The minimum atomic E-state index is -0.922. The number of anilines is 1. The van der Waals surface area contributed by atoms with Crippen molar-refractivity contribution in [3.05, 3.63) is 99.5 Å². The lowest BCUT2D eigenvalue weighted by Gasteiger charge is -2.25. The SMILES string of the molecule is CN(CCc1ccccc1)C(=S)NC1N=C(c2ccccc2Cl)c2cc(Cl)ccc2N(C)C1=O. The molecule has 1 aliphatic heterocycles. The first-order valence-corrected chi connectivity index (χ1v) is 12.0. The number of benzene rings is 3. The van der Waals surface area contributed by atoms with Crippen molar-refractivity contribution in [2.45, 2.75) is 12.6 Å². The second kappa shape index (κ2) is 10.6. The first-order chi connectivity index (χ1) is 16.3. The predicted molar refractivity (Wildman–Crippen MR) is 144 cm³/mol. The molecule has 3 aromatic rings. The minimum Gasteiger partial charge on any atom is -0.352 e. The zero-order chi connectivity index (χ0) is 24.2. The predicted octanol–water partition coefficient (Wildman–Crippen LogP) is 5.18. The van der Waals surface area contributed by atoms with E-state index in [-0.39, 0.29) is 5.91 Å². The van der Waals surface area contributed by atoms with Gasteiger partial charge >= 0.3 is 0 Å². The Bertz CT molecular complexity index is 1250. The number of carbonyl (C=O) groups is 1. The second-order valence-corrected chi connectivity index (χ2v) is 9.26. The number of likely N-dealkylation sites (N-methyl/N-ethyl adjacent to an activating group) is 2. The second-order valence-electron chi connectivity index (χ2n) is 8.03. The van der Waals surface area contributed by atoms with Crippen LogP contribution in [0.4, 0.5) is 5.69 Å². The highest BCUT2D eigenvalue weighted by atomic mass is 35.5. The molecule has 0 bridgehead atoms. The van der Waals surface area contributed by atoms with Crippen LogP contribution in [0.25, 0.3) is 0 Å². The molecule has 4 rings (SSSR count). The number of nitrogens with one attached hydrogen (secondary N) is 1. The average Bonchev–Trinajstić information content (AvgIpc) is 2.94. The molecule has 1 unspecified atom stereocenters. The highest BCUT2D eigenvalue weighted by molar-refractivity contribution is 7.80. The third-order valence-corrected chi connectivity index (χ3v) is 6.71. The van der Waals surface area contributed by atoms with Gasteiger partial charge in [-0.25, -0.2) is 4.99 Å². The van der Waals surface area contributed by atoms with Crippen LogP contribution in [0.3, 0.4) is 0 Å². The number of carbonyl (C=O) groups excluding carboxylic acids is 1. The summed E-state index contributed by atoms with van der Waals surface area (Å²) >= 11 is 18.5. The first kappa shape index (κ1) is 24.2. The fourth-order valence-corrected chi connectivity index (χ4v) is 4.38. The van der Waals surface area contributed by atoms with E-state index in [4.69, 9.17) is 40.4 Å². The lowest BCUT2D eigenvalue weighted by atomic mass is 10.00. The summed E-state index contributed by atoms with van der Waals surface area (Å²) in [5.74, 6) is -0.232. The van der Waals surface area contributed by atoms with Gasteiger partial charge < -0.3 is 15.1 Å². The quantitative estimate of drug-likeness (QED) is 0.480. The Balaban J connectivity index is 1.65. The third-order valence-electron chi connectivity index (χ3n) is 5.71. The van der Waals surface area contributed by atoms with E-state index in [2.05, 4.69) is 17.4 Å². The van der Waals surface area contributed by atoms with E-state index in [9.17, 15) is 4.79 Å². The van der Waals surface area contributed by atoms with E-state index in [1.165, 1.54) is 5.56 Å². The van der Waals surface area contributed by atoms with Crippen molar-refractivity contribution < 1.29 is 4.79 Å². The molecule has 1 heterocycles. The molecule has 8 heteroatoms. The molecule has 0 radical (unpaired) electrons. The summed E-state index contributed by atoms with van der Waals surface area (Å²) < 4.78 is 0. The molecule has 1 atom stereocenters. The van der Waals surface area contributed by atoms with Crippen molar-refractivity contribution >= 4 is 57.8 Å². The number of amides is 1. The molecule has 0 saturated heterocycles. The van der Waals surface area contributed by atoms with Crippen LogP contribution < -0.4 is 10.2 Å². The smallest absolute Gasteiger partial charge is 0.272 e. The summed E-state index contributed by atoms with van der Waals surface area (Å²) in [6.45, 7) is 0.698. The lowest BCUT2D eigenvalue weighted by Crippen LogP contribution is -2.50. The van der Waals surface area contributed by atoms with E-state index in [0.29, 0.717) is 38.7 Å². The van der Waals surface area contributed by atoms with Crippen molar-refractivity contribution in [3.8, 4) is 0 Å². The third kappa shape index (κ3) is 5.25. The maximum atomic E-state index is 13.4. The molecule has 1 N–H and O–H groups in total. The van der Waals surface area contributed by atoms with Crippen molar-refractivity contribution in [3.63, 3.8) is 0 Å². The van der Waals surface area contributed by atoms with Gasteiger partial charge in [-0.2, -0.15) is 0 Å². The molecule has 3 aromatic carbocycles. The number of hydrogen-bond donors (Lipinski definition) is 1. The van der Waals surface area contributed by atoms with Crippen molar-refractivity contribution in [2.75, 3.05) is 25.5 Å². The van der Waals surface area contributed by atoms with Crippen LogP contribution >= 0.6 is 35.4 Å². The normalized spacial score (nSPS) is 15.3. The first-order valence-electron chi connectivity index (χ1n) is 10.8. The van der Waals surface area contributed by atoms with Crippen LogP contribution in [0.2, 0.25) is 10.0 Å². The Morgan fingerprint density at radius 3 is 2.50 bits per heavy atom.